The molecule has 0 atom stereocenters. The van der Waals surface area contributed by atoms with E-state index in [-0.39, 0.29) is 11.9 Å². The highest BCUT2D eigenvalue weighted by Crippen LogP contribution is 2.25. The Labute approximate surface area is 148 Å². The van der Waals surface area contributed by atoms with Gasteiger partial charge in [-0.25, -0.2) is 4.79 Å². The zero-order valence-electron chi connectivity index (χ0n) is 14.6. The number of carbonyl (C=O) groups excluding carboxylic acids is 2. The second-order valence-electron chi connectivity index (χ2n) is 6.28. The number of anilines is 2. The maximum Gasteiger partial charge on any atom is 0.322 e. The minimum atomic E-state index is -0.0948. The van der Waals surface area contributed by atoms with Crippen molar-refractivity contribution in [3.63, 3.8) is 0 Å². The summed E-state index contributed by atoms with van der Waals surface area (Å²) in [4.78, 5) is 25.9. The van der Waals surface area contributed by atoms with Crippen LogP contribution in [0.1, 0.15) is 23.6 Å². The monoisotopic (exact) mass is 337 g/mol. The Morgan fingerprint density at radius 1 is 1.16 bits per heavy atom. The molecular weight excluding hydrogens is 314 g/mol. The number of hydrogen-bond donors (Lipinski definition) is 2. The fourth-order valence-electron chi connectivity index (χ4n) is 2.96. The van der Waals surface area contributed by atoms with E-state index in [1.54, 1.807) is 4.90 Å². The van der Waals surface area contributed by atoms with Crippen LogP contribution in [0.4, 0.5) is 16.2 Å². The molecule has 3 rings (SSSR count). The number of aryl methyl sites for hydroxylation is 2. The number of nitrogens with one attached hydrogen (secondary N) is 2. The van der Waals surface area contributed by atoms with Crippen molar-refractivity contribution in [2.45, 2.75) is 26.7 Å². The van der Waals surface area contributed by atoms with E-state index in [2.05, 4.69) is 29.7 Å². The van der Waals surface area contributed by atoms with Crippen molar-refractivity contribution < 1.29 is 9.59 Å². The zero-order chi connectivity index (χ0) is 17.8. The average molecular weight is 337 g/mol. The standard InChI is InChI=1S/C20H23N3O2/c1-3-15-5-7-16(8-6-15)12-19(24)22-17-9-4-14(2)18(13-17)23-11-10-21-20(23)25/h4-9,13H,3,10-12H2,1-2H3,(H,21,25)(H,22,24). The van der Waals surface area contributed by atoms with E-state index < -0.39 is 0 Å². The molecule has 2 aromatic rings. The molecule has 25 heavy (non-hydrogen) atoms. The van der Waals surface area contributed by atoms with Crippen LogP contribution in [0.5, 0.6) is 0 Å². The van der Waals surface area contributed by atoms with E-state index in [9.17, 15) is 9.59 Å². The van der Waals surface area contributed by atoms with Crippen LogP contribution in [0.3, 0.4) is 0 Å². The van der Waals surface area contributed by atoms with Gasteiger partial charge >= 0.3 is 6.03 Å². The van der Waals surface area contributed by atoms with Gasteiger partial charge in [-0.15, -0.1) is 0 Å². The predicted molar refractivity (Wildman–Crippen MR) is 100 cm³/mol. The molecule has 0 radical (unpaired) electrons. The molecular formula is C20H23N3O2. The van der Waals surface area contributed by atoms with Crippen LogP contribution in [0.25, 0.3) is 0 Å². The quantitative estimate of drug-likeness (QED) is 0.880. The summed E-state index contributed by atoms with van der Waals surface area (Å²) in [5.41, 5.74) is 4.79. The molecule has 0 unspecified atom stereocenters. The van der Waals surface area contributed by atoms with Gasteiger partial charge in [0, 0.05) is 18.8 Å². The summed E-state index contributed by atoms with van der Waals surface area (Å²) >= 11 is 0. The number of rotatable bonds is 5. The summed E-state index contributed by atoms with van der Waals surface area (Å²) < 4.78 is 0. The predicted octanol–water partition coefficient (Wildman–Crippen LogP) is 3.27. The molecule has 3 amide bonds. The fraction of sp³-hybridized carbons (Fsp3) is 0.300. The number of urea groups is 1. The van der Waals surface area contributed by atoms with Crippen molar-refractivity contribution in [1.82, 2.24) is 5.32 Å². The van der Waals surface area contributed by atoms with Crippen molar-refractivity contribution >= 4 is 23.3 Å². The first kappa shape index (κ1) is 17.0. The molecule has 1 heterocycles. The maximum atomic E-state index is 12.3. The van der Waals surface area contributed by atoms with Gasteiger partial charge in [0.2, 0.25) is 5.91 Å². The van der Waals surface area contributed by atoms with E-state index >= 15 is 0 Å². The van der Waals surface area contributed by atoms with Gasteiger partial charge in [0.05, 0.1) is 12.1 Å². The van der Waals surface area contributed by atoms with Crippen molar-refractivity contribution in [2.75, 3.05) is 23.3 Å². The van der Waals surface area contributed by atoms with E-state index in [0.717, 1.165) is 23.2 Å². The Morgan fingerprint density at radius 3 is 2.52 bits per heavy atom. The summed E-state index contributed by atoms with van der Waals surface area (Å²) in [6.07, 6.45) is 1.32. The number of benzene rings is 2. The first-order valence-electron chi connectivity index (χ1n) is 8.60. The number of nitrogens with zero attached hydrogens (tertiary/aromatic N) is 1. The highest BCUT2D eigenvalue weighted by Gasteiger charge is 2.22. The van der Waals surface area contributed by atoms with Gasteiger partial charge < -0.3 is 10.6 Å². The van der Waals surface area contributed by atoms with Crippen molar-refractivity contribution in [1.29, 1.82) is 0 Å². The molecule has 0 bridgehead atoms. The van der Waals surface area contributed by atoms with Gasteiger partial charge in [0.15, 0.2) is 0 Å². The van der Waals surface area contributed by atoms with Crippen LogP contribution in [0.15, 0.2) is 42.5 Å². The normalized spacial score (nSPS) is 13.7. The van der Waals surface area contributed by atoms with Crippen LogP contribution < -0.4 is 15.5 Å². The number of carbonyl (C=O) groups is 2. The topological polar surface area (TPSA) is 61.4 Å². The van der Waals surface area contributed by atoms with Crippen LogP contribution in [0.2, 0.25) is 0 Å². The molecule has 1 fully saturated rings. The van der Waals surface area contributed by atoms with Crippen LogP contribution in [-0.4, -0.2) is 25.0 Å². The maximum absolute atomic E-state index is 12.3. The Balaban J connectivity index is 1.69. The third-order valence-corrected chi connectivity index (χ3v) is 4.44. The van der Waals surface area contributed by atoms with Gasteiger partial charge in [0.1, 0.15) is 0 Å². The molecule has 0 aliphatic carbocycles. The van der Waals surface area contributed by atoms with E-state index in [1.807, 2.05) is 37.3 Å². The molecule has 5 nitrogen and oxygen atoms in total. The minimum absolute atomic E-state index is 0.0649. The molecule has 0 saturated carbocycles. The first-order chi connectivity index (χ1) is 12.1. The molecule has 2 N–H and O–H groups in total. The lowest BCUT2D eigenvalue weighted by Crippen LogP contribution is -2.28. The second-order valence-corrected chi connectivity index (χ2v) is 6.28. The third kappa shape index (κ3) is 3.99. The third-order valence-electron chi connectivity index (χ3n) is 4.44. The van der Waals surface area contributed by atoms with Crippen LogP contribution in [-0.2, 0) is 17.6 Å². The van der Waals surface area contributed by atoms with E-state index in [4.69, 9.17) is 0 Å². The lowest BCUT2D eigenvalue weighted by atomic mass is 10.1. The largest absolute Gasteiger partial charge is 0.336 e. The second kappa shape index (κ2) is 7.38. The Hall–Kier alpha value is -2.82. The molecule has 0 aromatic heterocycles. The van der Waals surface area contributed by atoms with E-state index in [0.29, 0.717) is 25.2 Å². The van der Waals surface area contributed by atoms with Crippen molar-refractivity contribution in [3.8, 4) is 0 Å². The molecule has 0 spiro atoms. The highest BCUT2D eigenvalue weighted by atomic mass is 16.2. The van der Waals surface area contributed by atoms with Crippen LogP contribution >= 0.6 is 0 Å². The zero-order valence-corrected chi connectivity index (χ0v) is 14.6. The van der Waals surface area contributed by atoms with E-state index in [1.165, 1.54) is 5.56 Å². The number of hydrogen-bond acceptors (Lipinski definition) is 2. The fourth-order valence-corrected chi connectivity index (χ4v) is 2.96. The summed E-state index contributed by atoms with van der Waals surface area (Å²) in [6.45, 7) is 5.35. The Morgan fingerprint density at radius 2 is 1.88 bits per heavy atom. The van der Waals surface area contributed by atoms with Gasteiger partial charge in [-0.1, -0.05) is 37.3 Å². The summed E-state index contributed by atoms with van der Waals surface area (Å²) in [7, 11) is 0. The lowest BCUT2D eigenvalue weighted by molar-refractivity contribution is -0.115. The SMILES string of the molecule is CCc1ccc(CC(=O)Nc2ccc(C)c(N3CCNC3=O)c2)cc1. The highest BCUT2D eigenvalue weighted by molar-refractivity contribution is 5.97. The summed E-state index contributed by atoms with van der Waals surface area (Å²) in [5.74, 6) is -0.0649. The molecule has 130 valence electrons. The van der Waals surface area contributed by atoms with Crippen LogP contribution in [0, 0.1) is 6.92 Å². The Bertz CT molecular complexity index is 784. The molecule has 5 heteroatoms. The molecule has 1 saturated heterocycles. The lowest BCUT2D eigenvalue weighted by Gasteiger charge is -2.18. The molecule has 1 aliphatic rings. The van der Waals surface area contributed by atoms with Gasteiger partial charge in [-0.05, 0) is 42.2 Å². The summed E-state index contributed by atoms with van der Waals surface area (Å²) in [6, 6.07) is 13.6. The number of amides is 3. The minimum Gasteiger partial charge on any atom is -0.336 e. The van der Waals surface area contributed by atoms with Gasteiger partial charge in [-0.2, -0.15) is 0 Å². The first-order valence-corrected chi connectivity index (χ1v) is 8.60. The van der Waals surface area contributed by atoms with Gasteiger partial charge in [0.25, 0.3) is 0 Å². The van der Waals surface area contributed by atoms with Gasteiger partial charge in [-0.3, -0.25) is 9.69 Å². The average Bonchev–Trinajstić information content (AvgIpc) is 3.03. The van der Waals surface area contributed by atoms with Crippen molar-refractivity contribution in [2.24, 2.45) is 0 Å². The molecule has 2 aromatic carbocycles. The molecule has 1 aliphatic heterocycles. The Kier molecular flexibility index (Phi) is 5.03. The summed E-state index contributed by atoms with van der Waals surface area (Å²) in [5, 5.41) is 5.72. The smallest absolute Gasteiger partial charge is 0.322 e. The van der Waals surface area contributed by atoms with Crippen molar-refractivity contribution in [3.05, 3.63) is 59.2 Å².